The SMILES string of the molecule is Nc1cc2c(cc1F)C(=O)N([C@@H]1CCC(=O)NC1=O)C2. The average Bonchev–Trinajstić information content (AvgIpc) is 2.68. The number of anilines is 1. The van der Waals surface area contributed by atoms with Gasteiger partial charge >= 0.3 is 0 Å². The van der Waals surface area contributed by atoms with Gasteiger partial charge in [0.15, 0.2) is 0 Å². The fourth-order valence-corrected chi connectivity index (χ4v) is 2.61. The molecule has 2 aliphatic heterocycles. The maximum absolute atomic E-state index is 13.4. The topological polar surface area (TPSA) is 92.5 Å². The van der Waals surface area contributed by atoms with Crippen molar-refractivity contribution in [3.05, 3.63) is 29.1 Å². The Kier molecular flexibility index (Phi) is 2.70. The lowest BCUT2D eigenvalue weighted by Gasteiger charge is -2.29. The van der Waals surface area contributed by atoms with Crippen LogP contribution in [0.1, 0.15) is 28.8 Å². The van der Waals surface area contributed by atoms with Crippen molar-refractivity contribution < 1.29 is 18.8 Å². The molecule has 1 saturated heterocycles. The monoisotopic (exact) mass is 277 g/mol. The Morgan fingerprint density at radius 1 is 1.30 bits per heavy atom. The van der Waals surface area contributed by atoms with Gasteiger partial charge < -0.3 is 10.6 Å². The molecule has 0 aliphatic carbocycles. The number of nitrogen functional groups attached to an aromatic ring is 1. The van der Waals surface area contributed by atoms with Crippen LogP contribution in [-0.4, -0.2) is 28.7 Å². The summed E-state index contributed by atoms with van der Waals surface area (Å²) in [4.78, 5) is 36.5. The first-order valence-corrected chi connectivity index (χ1v) is 6.20. The Balaban J connectivity index is 1.90. The molecule has 0 saturated carbocycles. The van der Waals surface area contributed by atoms with Gasteiger partial charge in [0.1, 0.15) is 11.9 Å². The molecular weight excluding hydrogens is 265 g/mol. The van der Waals surface area contributed by atoms with Gasteiger partial charge in [-0.05, 0) is 24.1 Å². The molecule has 2 heterocycles. The van der Waals surface area contributed by atoms with E-state index in [4.69, 9.17) is 5.73 Å². The van der Waals surface area contributed by atoms with Gasteiger partial charge in [0.2, 0.25) is 11.8 Å². The minimum absolute atomic E-state index is 0.0262. The first-order chi connectivity index (χ1) is 9.47. The van der Waals surface area contributed by atoms with Gasteiger partial charge in [-0.2, -0.15) is 0 Å². The number of nitrogens with one attached hydrogen (secondary N) is 1. The molecule has 1 aromatic rings. The molecular formula is C13H12FN3O3. The summed E-state index contributed by atoms with van der Waals surface area (Å²) in [5, 5.41) is 2.21. The number of nitrogens with zero attached hydrogens (tertiary/aromatic N) is 1. The van der Waals surface area contributed by atoms with E-state index in [-0.39, 0.29) is 36.5 Å². The predicted octanol–water partition coefficient (Wildman–Crippen LogP) is 0.169. The van der Waals surface area contributed by atoms with Crippen LogP contribution in [0, 0.1) is 5.82 Å². The van der Waals surface area contributed by atoms with Crippen molar-refractivity contribution in [1.82, 2.24) is 10.2 Å². The summed E-state index contributed by atoms with van der Waals surface area (Å²) in [5.41, 5.74) is 6.27. The molecule has 104 valence electrons. The minimum Gasteiger partial charge on any atom is -0.396 e. The predicted molar refractivity (Wildman–Crippen MR) is 66.9 cm³/mol. The van der Waals surface area contributed by atoms with Crippen molar-refractivity contribution in [1.29, 1.82) is 0 Å². The van der Waals surface area contributed by atoms with Gasteiger partial charge in [0.25, 0.3) is 5.91 Å². The number of halogens is 1. The van der Waals surface area contributed by atoms with E-state index in [2.05, 4.69) is 5.32 Å². The van der Waals surface area contributed by atoms with E-state index in [1.165, 1.54) is 11.0 Å². The van der Waals surface area contributed by atoms with Crippen molar-refractivity contribution >= 4 is 23.4 Å². The molecule has 1 atom stereocenters. The minimum atomic E-state index is -0.697. The number of hydrogen-bond donors (Lipinski definition) is 2. The molecule has 6 nitrogen and oxygen atoms in total. The number of benzene rings is 1. The number of fused-ring (bicyclic) bond motifs is 1. The fourth-order valence-electron chi connectivity index (χ4n) is 2.61. The average molecular weight is 277 g/mol. The van der Waals surface area contributed by atoms with Crippen molar-refractivity contribution in [3.8, 4) is 0 Å². The van der Waals surface area contributed by atoms with E-state index in [9.17, 15) is 18.8 Å². The lowest BCUT2D eigenvalue weighted by Crippen LogP contribution is -2.52. The van der Waals surface area contributed by atoms with Crippen molar-refractivity contribution in [2.45, 2.75) is 25.4 Å². The van der Waals surface area contributed by atoms with Crippen molar-refractivity contribution in [3.63, 3.8) is 0 Å². The van der Waals surface area contributed by atoms with Gasteiger partial charge in [-0.25, -0.2) is 4.39 Å². The molecule has 3 rings (SSSR count). The zero-order valence-corrected chi connectivity index (χ0v) is 10.5. The van der Waals surface area contributed by atoms with Crippen LogP contribution in [-0.2, 0) is 16.1 Å². The highest BCUT2D eigenvalue weighted by Gasteiger charge is 2.39. The third-order valence-corrected chi connectivity index (χ3v) is 3.64. The fraction of sp³-hybridized carbons (Fsp3) is 0.308. The Morgan fingerprint density at radius 3 is 2.75 bits per heavy atom. The number of amides is 3. The second-order valence-corrected chi connectivity index (χ2v) is 4.93. The smallest absolute Gasteiger partial charge is 0.255 e. The number of hydrogen-bond acceptors (Lipinski definition) is 4. The summed E-state index contributed by atoms with van der Waals surface area (Å²) in [5.74, 6) is -1.89. The zero-order chi connectivity index (χ0) is 14.4. The number of piperidine rings is 1. The molecule has 0 spiro atoms. The van der Waals surface area contributed by atoms with Crippen molar-refractivity contribution in [2.24, 2.45) is 0 Å². The largest absolute Gasteiger partial charge is 0.396 e. The number of carbonyl (C=O) groups is 3. The van der Waals surface area contributed by atoms with E-state index in [0.717, 1.165) is 6.07 Å². The number of rotatable bonds is 1. The van der Waals surface area contributed by atoms with Gasteiger partial charge in [0, 0.05) is 18.5 Å². The van der Waals surface area contributed by atoms with E-state index in [1.54, 1.807) is 0 Å². The summed E-state index contributed by atoms with van der Waals surface area (Å²) in [6.07, 6.45) is 0.468. The van der Waals surface area contributed by atoms with Gasteiger partial charge in [-0.15, -0.1) is 0 Å². The second kappa shape index (κ2) is 4.29. The molecule has 0 bridgehead atoms. The molecule has 0 unspecified atom stereocenters. The number of nitrogens with two attached hydrogens (primary N) is 1. The lowest BCUT2D eigenvalue weighted by atomic mass is 10.0. The molecule has 2 aliphatic rings. The summed E-state index contributed by atoms with van der Waals surface area (Å²) >= 11 is 0. The van der Waals surface area contributed by atoms with E-state index >= 15 is 0 Å². The summed E-state index contributed by atoms with van der Waals surface area (Å²) in [7, 11) is 0. The first kappa shape index (κ1) is 12.6. The van der Waals surface area contributed by atoms with Crippen LogP contribution >= 0.6 is 0 Å². The van der Waals surface area contributed by atoms with Crippen LogP contribution in [0.3, 0.4) is 0 Å². The summed E-state index contributed by atoms with van der Waals surface area (Å²) in [6.45, 7) is 0.199. The molecule has 3 N–H and O–H groups in total. The van der Waals surface area contributed by atoms with Crippen LogP contribution in [0.4, 0.5) is 10.1 Å². The van der Waals surface area contributed by atoms with E-state index in [0.29, 0.717) is 5.56 Å². The number of imide groups is 1. The molecule has 1 aromatic carbocycles. The normalized spacial score (nSPS) is 21.9. The van der Waals surface area contributed by atoms with Crippen LogP contribution < -0.4 is 11.1 Å². The van der Waals surface area contributed by atoms with Crippen LogP contribution in [0.5, 0.6) is 0 Å². The third-order valence-electron chi connectivity index (χ3n) is 3.64. The summed E-state index contributed by atoms with van der Waals surface area (Å²) < 4.78 is 13.4. The maximum atomic E-state index is 13.4. The molecule has 20 heavy (non-hydrogen) atoms. The van der Waals surface area contributed by atoms with Gasteiger partial charge in [-0.3, -0.25) is 19.7 Å². The van der Waals surface area contributed by atoms with Crippen LogP contribution in [0.25, 0.3) is 0 Å². The highest BCUT2D eigenvalue weighted by atomic mass is 19.1. The van der Waals surface area contributed by atoms with Crippen molar-refractivity contribution in [2.75, 3.05) is 5.73 Å². The zero-order valence-electron chi connectivity index (χ0n) is 10.5. The molecule has 3 amide bonds. The first-order valence-electron chi connectivity index (χ1n) is 6.20. The molecule has 0 radical (unpaired) electrons. The van der Waals surface area contributed by atoms with Crippen LogP contribution in [0.2, 0.25) is 0 Å². The quantitative estimate of drug-likeness (QED) is 0.565. The Morgan fingerprint density at radius 2 is 2.05 bits per heavy atom. The summed E-state index contributed by atoms with van der Waals surface area (Å²) in [6, 6.07) is 1.81. The number of carbonyl (C=O) groups excluding carboxylic acids is 3. The molecule has 1 fully saturated rings. The third kappa shape index (κ3) is 1.82. The second-order valence-electron chi connectivity index (χ2n) is 4.93. The highest BCUT2D eigenvalue weighted by molar-refractivity contribution is 6.05. The van der Waals surface area contributed by atoms with E-state index in [1.807, 2.05) is 0 Å². The molecule has 0 aromatic heterocycles. The standard InChI is InChI=1S/C13H12FN3O3/c14-8-4-7-6(3-9(8)15)5-17(13(7)20)10-1-2-11(18)16-12(10)19/h3-4,10H,1-2,5,15H2,(H,16,18,19)/t10-/m1/s1. The highest BCUT2D eigenvalue weighted by Crippen LogP contribution is 2.29. The Hall–Kier alpha value is -2.44. The van der Waals surface area contributed by atoms with Gasteiger partial charge in [-0.1, -0.05) is 0 Å². The maximum Gasteiger partial charge on any atom is 0.255 e. The Labute approximate surface area is 113 Å². The van der Waals surface area contributed by atoms with E-state index < -0.39 is 23.7 Å². The van der Waals surface area contributed by atoms with Crippen LogP contribution in [0.15, 0.2) is 12.1 Å². The molecule has 7 heteroatoms. The Bertz CT molecular complexity index is 644. The lowest BCUT2D eigenvalue weighted by molar-refractivity contribution is -0.136. The van der Waals surface area contributed by atoms with Gasteiger partial charge in [0.05, 0.1) is 5.69 Å².